The lowest BCUT2D eigenvalue weighted by Crippen LogP contribution is -2.51. The van der Waals surface area contributed by atoms with Crippen molar-refractivity contribution in [2.24, 2.45) is 15.4 Å². The molecule has 106 valence electrons. The quantitative estimate of drug-likeness (QED) is 0.573. The molecule has 1 aliphatic rings. The molecule has 1 aliphatic heterocycles. The molecule has 19 heavy (non-hydrogen) atoms. The molecule has 2 N–H and O–H groups in total. The van der Waals surface area contributed by atoms with Gasteiger partial charge in [-0.15, -0.1) is 0 Å². The zero-order valence-corrected chi connectivity index (χ0v) is 11.9. The maximum absolute atomic E-state index is 12.4. The van der Waals surface area contributed by atoms with Crippen LogP contribution in [-0.4, -0.2) is 55.9 Å². The van der Waals surface area contributed by atoms with Gasteiger partial charge in [-0.25, -0.2) is 9.98 Å². The minimum Gasteiger partial charge on any atom is -0.336 e. The van der Waals surface area contributed by atoms with Crippen molar-refractivity contribution in [1.82, 2.24) is 10.2 Å². The third-order valence-corrected chi connectivity index (χ3v) is 3.49. The van der Waals surface area contributed by atoms with Gasteiger partial charge in [0.1, 0.15) is 12.7 Å². The number of likely N-dealkylation sites (tertiary alicyclic amines) is 1. The lowest BCUT2D eigenvalue weighted by atomic mass is 9.80. The van der Waals surface area contributed by atoms with Gasteiger partial charge in [-0.05, 0) is 25.3 Å². The highest BCUT2D eigenvalue weighted by molar-refractivity contribution is 5.86. The van der Waals surface area contributed by atoms with Crippen molar-refractivity contribution in [3.05, 3.63) is 0 Å². The molecule has 1 unspecified atom stereocenters. The van der Waals surface area contributed by atoms with Crippen LogP contribution in [0.15, 0.2) is 9.98 Å². The minimum absolute atomic E-state index is 0.0284. The predicted octanol–water partition coefficient (Wildman–Crippen LogP) is 0.929. The Morgan fingerprint density at radius 2 is 2.26 bits per heavy atom. The molecule has 0 aliphatic carbocycles. The van der Waals surface area contributed by atoms with Crippen LogP contribution in [-0.2, 0) is 4.79 Å². The summed E-state index contributed by atoms with van der Waals surface area (Å²) in [5.41, 5.74) is -0.0284. The highest BCUT2D eigenvalue weighted by Crippen LogP contribution is 2.30. The fourth-order valence-corrected chi connectivity index (χ4v) is 2.46. The zero-order chi connectivity index (χ0) is 14.3. The Bertz CT molecular complexity index is 375. The fourth-order valence-electron chi connectivity index (χ4n) is 2.46. The average Bonchev–Trinajstić information content (AvgIpc) is 2.46. The van der Waals surface area contributed by atoms with E-state index in [4.69, 9.17) is 5.41 Å². The van der Waals surface area contributed by atoms with Crippen LogP contribution in [0.3, 0.4) is 0 Å². The highest BCUT2D eigenvalue weighted by Gasteiger charge is 2.38. The van der Waals surface area contributed by atoms with Crippen LogP contribution < -0.4 is 5.32 Å². The second kappa shape index (κ2) is 7.13. The minimum atomic E-state index is -0.154. The van der Waals surface area contributed by atoms with Crippen LogP contribution in [0, 0.1) is 10.8 Å². The van der Waals surface area contributed by atoms with Gasteiger partial charge in [0, 0.05) is 12.8 Å². The summed E-state index contributed by atoms with van der Waals surface area (Å²) in [6.45, 7) is 5.49. The molecular formula is C13H23N5O. The van der Waals surface area contributed by atoms with E-state index in [1.165, 1.54) is 6.34 Å². The molecule has 1 atom stereocenters. The van der Waals surface area contributed by atoms with Crippen LogP contribution in [0.2, 0.25) is 0 Å². The molecule has 0 aromatic carbocycles. The molecule has 0 spiro atoms. The van der Waals surface area contributed by atoms with Crippen molar-refractivity contribution in [2.75, 3.05) is 20.1 Å². The smallest absolute Gasteiger partial charge is 0.240 e. The number of nitrogens with zero attached hydrogens (tertiary/aromatic N) is 3. The van der Waals surface area contributed by atoms with Crippen molar-refractivity contribution in [3.8, 4) is 0 Å². The van der Waals surface area contributed by atoms with Gasteiger partial charge in [0.25, 0.3) is 0 Å². The monoisotopic (exact) mass is 265 g/mol. The summed E-state index contributed by atoms with van der Waals surface area (Å²) in [6, 6.07) is -0.154. The van der Waals surface area contributed by atoms with E-state index in [2.05, 4.69) is 29.1 Å². The second-order valence-electron chi connectivity index (χ2n) is 5.32. The van der Waals surface area contributed by atoms with Crippen molar-refractivity contribution in [1.29, 1.82) is 5.41 Å². The Hall–Kier alpha value is -1.56. The molecule has 0 aromatic rings. The van der Waals surface area contributed by atoms with Gasteiger partial charge < -0.3 is 10.2 Å². The lowest BCUT2D eigenvalue weighted by molar-refractivity contribution is -0.134. The summed E-state index contributed by atoms with van der Waals surface area (Å²) in [7, 11) is 1.83. The number of nitrogens with one attached hydrogen (secondary N) is 2. The Kier molecular flexibility index (Phi) is 5.82. The van der Waals surface area contributed by atoms with E-state index in [1.54, 1.807) is 6.21 Å². The Balaban J connectivity index is 2.69. The van der Waals surface area contributed by atoms with Crippen molar-refractivity contribution in [2.45, 2.75) is 32.7 Å². The van der Waals surface area contributed by atoms with E-state index >= 15 is 0 Å². The van der Waals surface area contributed by atoms with E-state index < -0.39 is 0 Å². The Morgan fingerprint density at radius 3 is 2.89 bits per heavy atom. The van der Waals surface area contributed by atoms with E-state index in [1.807, 2.05) is 11.9 Å². The standard InChI is InChI=1S/C13H23N5O/c1-13(2)5-4-7-18(12(19)11(13)15-3)8-6-16-10-17-9-14/h6,9-11,14-15H,4-5,7-8H2,1-3H3. The molecule has 1 saturated heterocycles. The molecule has 6 heteroatoms. The first-order valence-electron chi connectivity index (χ1n) is 6.51. The Labute approximate surface area is 114 Å². The van der Waals surface area contributed by atoms with Crippen molar-refractivity contribution >= 4 is 24.8 Å². The molecule has 1 fully saturated rings. The molecule has 0 aromatic heterocycles. The number of amides is 1. The number of likely N-dealkylation sites (N-methyl/N-ethyl adjacent to an activating group) is 1. The molecule has 1 amide bonds. The van der Waals surface area contributed by atoms with Crippen molar-refractivity contribution in [3.63, 3.8) is 0 Å². The molecule has 0 saturated carbocycles. The van der Waals surface area contributed by atoms with Gasteiger partial charge in [-0.2, -0.15) is 0 Å². The van der Waals surface area contributed by atoms with E-state index in [9.17, 15) is 4.79 Å². The van der Waals surface area contributed by atoms with Gasteiger partial charge in [0.2, 0.25) is 5.91 Å². The maximum atomic E-state index is 12.4. The number of rotatable bonds is 5. The van der Waals surface area contributed by atoms with Gasteiger partial charge in [0.05, 0.1) is 12.6 Å². The normalized spacial score (nSPS) is 24.1. The third-order valence-electron chi connectivity index (χ3n) is 3.49. The van der Waals surface area contributed by atoms with Crippen LogP contribution >= 0.6 is 0 Å². The topological polar surface area (TPSA) is 80.9 Å². The van der Waals surface area contributed by atoms with Gasteiger partial charge in [0.15, 0.2) is 0 Å². The van der Waals surface area contributed by atoms with E-state index in [-0.39, 0.29) is 17.4 Å². The number of carbonyl (C=O) groups is 1. The zero-order valence-electron chi connectivity index (χ0n) is 11.9. The highest BCUT2D eigenvalue weighted by atomic mass is 16.2. The lowest BCUT2D eigenvalue weighted by Gasteiger charge is -2.32. The van der Waals surface area contributed by atoms with E-state index in [0.29, 0.717) is 6.54 Å². The molecule has 1 heterocycles. The summed E-state index contributed by atoms with van der Waals surface area (Å²) in [6.07, 6.45) is 5.89. The van der Waals surface area contributed by atoms with Crippen LogP contribution in [0.4, 0.5) is 0 Å². The van der Waals surface area contributed by atoms with Crippen LogP contribution in [0.5, 0.6) is 0 Å². The third kappa shape index (κ3) is 4.24. The van der Waals surface area contributed by atoms with E-state index in [0.717, 1.165) is 25.7 Å². The molecule has 6 nitrogen and oxygen atoms in total. The first-order chi connectivity index (χ1) is 9.03. The summed E-state index contributed by atoms with van der Waals surface area (Å²) >= 11 is 0. The van der Waals surface area contributed by atoms with Gasteiger partial charge in [-0.1, -0.05) is 13.8 Å². The SMILES string of the molecule is CNC1C(=O)N(CC=NC=NC=N)CCCC1(C)C. The molecule has 0 bridgehead atoms. The first-order valence-corrected chi connectivity index (χ1v) is 6.51. The Morgan fingerprint density at radius 1 is 1.53 bits per heavy atom. The summed E-state index contributed by atoms with van der Waals surface area (Å²) in [5.74, 6) is 0.125. The predicted molar refractivity (Wildman–Crippen MR) is 78.2 cm³/mol. The van der Waals surface area contributed by atoms with Gasteiger partial charge >= 0.3 is 0 Å². The summed E-state index contributed by atoms with van der Waals surface area (Å²) in [4.78, 5) is 21.7. The number of aliphatic imine (C=N–C) groups is 2. The largest absolute Gasteiger partial charge is 0.336 e. The maximum Gasteiger partial charge on any atom is 0.240 e. The van der Waals surface area contributed by atoms with Crippen LogP contribution in [0.25, 0.3) is 0 Å². The van der Waals surface area contributed by atoms with Gasteiger partial charge in [-0.3, -0.25) is 10.2 Å². The molecular weight excluding hydrogens is 242 g/mol. The van der Waals surface area contributed by atoms with Crippen LogP contribution in [0.1, 0.15) is 26.7 Å². The number of carbonyl (C=O) groups excluding carboxylic acids is 1. The molecule has 0 radical (unpaired) electrons. The average molecular weight is 265 g/mol. The summed E-state index contributed by atoms with van der Waals surface area (Å²) < 4.78 is 0. The number of hydrogen-bond donors (Lipinski definition) is 2. The molecule has 1 rings (SSSR count). The fraction of sp³-hybridized carbons (Fsp3) is 0.692. The summed E-state index contributed by atoms with van der Waals surface area (Å²) in [5, 5.41) is 9.85. The first kappa shape index (κ1) is 15.5. The van der Waals surface area contributed by atoms with Crippen molar-refractivity contribution < 1.29 is 4.79 Å². The number of hydrogen-bond acceptors (Lipinski definition) is 3. The second-order valence-corrected chi connectivity index (χ2v) is 5.32.